The van der Waals surface area contributed by atoms with Crippen LogP contribution in [0.15, 0.2) is 46.9 Å². The van der Waals surface area contributed by atoms with Crippen molar-refractivity contribution >= 4 is 27.5 Å². The number of nitrogens with zero attached hydrogens (tertiary/aromatic N) is 1. The van der Waals surface area contributed by atoms with Gasteiger partial charge in [0.05, 0.1) is 9.40 Å². The fourth-order valence-electron chi connectivity index (χ4n) is 1.78. The van der Waals surface area contributed by atoms with E-state index in [-0.39, 0.29) is 17.2 Å². The molecule has 0 atom stereocenters. The highest BCUT2D eigenvalue weighted by atomic mass is 79.9. The molecule has 0 aliphatic rings. The predicted octanol–water partition coefficient (Wildman–Crippen LogP) is 3.60. The summed E-state index contributed by atoms with van der Waals surface area (Å²) in [5.41, 5.74) is 2.25. The maximum absolute atomic E-state index is 12.0. The van der Waals surface area contributed by atoms with E-state index in [1.807, 2.05) is 31.2 Å². The van der Waals surface area contributed by atoms with Crippen molar-refractivity contribution in [2.45, 2.75) is 13.5 Å². The van der Waals surface area contributed by atoms with E-state index in [0.717, 1.165) is 11.1 Å². The Bertz CT molecular complexity index is 684. The fourth-order valence-corrected chi connectivity index (χ4v) is 2.18. The topological polar surface area (TPSA) is 72.2 Å². The first-order valence-corrected chi connectivity index (χ1v) is 7.04. The summed E-state index contributed by atoms with van der Waals surface area (Å²) < 4.78 is 0.350. The first kappa shape index (κ1) is 15.2. The molecule has 0 spiro atoms. The van der Waals surface area contributed by atoms with Crippen LogP contribution in [0, 0.1) is 17.0 Å². The van der Waals surface area contributed by atoms with Gasteiger partial charge < -0.3 is 5.32 Å². The van der Waals surface area contributed by atoms with Crippen molar-refractivity contribution in [3.63, 3.8) is 0 Å². The molecule has 0 bridgehead atoms. The molecule has 2 aromatic carbocycles. The average Bonchev–Trinajstić information content (AvgIpc) is 2.46. The van der Waals surface area contributed by atoms with Crippen LogP contribution < -0.4 is 5.32 Å². The Balaban J connectivity index is 2.08. The lowest BCUT2D eigenvalue weighted by atomic mass is 10.1. The van der Waals surface area contributed by atoms with Crippen LogP contribution in [-0.4, -0.2) is 10.8 Å². The van der Waals surface area contributed by atoms with Crippen molar-refractivity contribution in [1.29, 1.82) is 0 Å². The standard InChI is InChI=1S/C15H13BrN2O3/c1-10-2-4-11(5-3-10)9-17-15(19)12-6-7-13(16)14(8-12)18(20)21/h2-8H,9H2,1H3,(H,17,19). The first-order valence-electron chi connectivity index (χ1n) is 6.25. The first-order chi connectivity index (χ1) is 9.97. The van der Waals surface area contributed by atoms with E-state index < -0.39 is 4.92 Å². The Hall–Kier alpha value is -2.21. The molecule has 0 saturated heterocycles. The molecule has 2 aromatic rings. The molecule has 0 saturated carbocycles. The molecular formula is C15H13BrN2O3. The van der Waals surface area contributed by atoms with E-state index in [1.54, 1.807) is 6.07 Å². The Morgan fingerprint density at radius 1 is 1.24 bits per heavy atom. The van der Waals surface area contributed by atoms with Crippen molar-refractivity contribution in [3.8, 4) is 0 Å². The molecule has 0 aromatic heterocycles. The molecule has 6 heteroatoms. The summed E-state index contributed by atoms with van der Waals surface area (Å²) in [6.45, 7) is 2.37. The lowest BCUT2D eigenvalue weighted by Gasteiger charge is -2.06. The zero-order valence-electron chi connectivity index (χ0n) is 11.3. The Kier molecular flexibility index (Phi) is 4.70. The van der Waals surface area contributed by atoms with Crippen molar-refractivity contribution in [1.82, 2.24) is 5.32 Å². The monoisotopic (exact) mass is 348 g/mol. The van der Waals surface area contributed by atoms with E-state index in [1.165, 1.54) is 12.1 Å². The van der Waals surface area contributed by atoms with E-state index in [0.29, 0.717) is 11.0 Å². The highest BCUT2D eigenvalue weighted by molar-refractivity contribution is 9.10. The van der Waals surface area contributed by atoms with Gasteiger partial charge in [-0.15, -0.1) is 0 Å². The predicted molar refractivity (Wildman–Crippen MR) is 83.1 cm³/mol. The van der Waals surface area contributed by atoms with Gasteiger partial charge in [-0.1, -0.05) is 29.8 Å². The maximum Gasteiger partial charge on any atom is 0.284 e. The van der Waals surface area contributed by atoms with Gasteiger partial charge in [-0.2, -0.15) is 0 Å². The van der Waals surface area contributed by atoms with Gasteiger partial charge in [0.1, 0.15) is 0 Å². The number of amides is 1. The van der Waals surface area contributed by atoms with Gasteiger partial charge in [-0.25, -0.2) is 0 Å². The number of halogens is 1. The van der Waals surface area contributed by atoms with Crippen molar-refractivity contribution in [2.24, 2.45) is 0 Å². The second kappa shape index (κ2) is 6.49. The molecule has 1 N–H and O–H groups in total. The minimum atomic E-state index is -0.527. The van der Waals surface area contributed by atoms with Gasteiger partial charge in [0, 0.05) is 18.2 Å². The molecular weight excluding hydrogens is 336 g/mol. The van der Waals surface area contributed by atoms with Gasteiger partial charge in [-0.05, 0) is 40.5 Å². The zero-order chi connectivity index (χ0) is 15.4. The zero-order valence-corrected chi connectivity index (χ0v) is 12.9. The Morgan fingerprint density at radius 3 is 2.52 bits per heavy atom. The summed E-state index contributed by atoms with van der Waals surface area (Å²) in [4.78, 5) is 22.3. The van der Waals surface area contributed by atoms with Crippen molar-refractivity contribution < 1.29 is 9.72 Å². The number of carbonyl (C=O) groups is 1. The van der Waals surface area contributed by atoms with Gasteiger partial charge in [0.15, 0.2) is 0 Å². The summed E-state index contributed by atoms with van der Waals surface area (Å²) in [7, 11) is 0. The van der Waals surface area contributed by atoms with Crippen LogP contribution in [0.25, 0.3) is 0 Å². The quantitative estimate of drug-likeness (QED) is 0.677. The number of nitrogens with one attached hydrogen (secondary N) is 1. The molecule has 1 amide bonds. The number of hydrogen-bond donors (Lipinski definition) is 1. The van der Waals surface area contributed by atoms with Gasteiger partial charge in [0.25, 0.3) is 11.6 Å². The summed E-state index contributed by atoms with van der Waals surface area (Å²) in [6, 6.07) is 12.1. The summed E-state index contributed by atoms with van der Waals surface area (Å²) in [5.74, 6) is -0.342. The van der Waals surface area contributed by atoms with Gasteiger partial charge >= 0.3 is 0 Å². The molecule has 21 heavy (non-hydrogen) atoms. The number of nitro groups is 1. The van der Waals surface area contributed by atoms with Crippen LogP contribution in [0.4, 0.5) is 5.69 Å². The van der Waals surface area contributed by atoms with Crippen LogP contribution in [0.2, 0.25) is 0 Å². The summed E-state index contributed by atoms with van der Waals surface area (Å²) in [6.07, 6.45) is 0. The number of carbonyl (C=O) groups excluding carboxylic acids is 1. The average molecular weight is 349 g/mol. The number of aryl methyl sites for hydroxylation is 1. The molecule has 5 nitrogen and oxygen atoms in total. The van der Waals surface area contributed by atoms with E-state index >= 15 is 0 Å². The number of rotatable bonds is 4. The van der Waals surface area contributed by atoms with E-state index in [4.69, 9.17) is 0 Å². The summed E-state index contributed by atoms with van der Waals surface area (Å²) in [5, 5.41) is 13.6. The number of benzene rings is 2. The molecule has 108 valence electrons. The Morgan fingerprint density at radius 2 is 1.90 bits per heavy atom. The Labute approximate surface area is 130 Å². The van der Waals surface area contributed by atoms with E-state index in [9.17, 15) is 14.9 Å². The second-order valence-corrected chi connectivity index (χ2v) is 5.45. The third kappa shape index (κ3) is 3.88. The third-order valence-electron chi connectivity index (χ3n) is 2.98. The van der Waals surface area contributed by atoms with Crippen molar-refractivity contribution in [3.05, 3.63) is 73.7 Å². The minimum Gasteiger partial charge on any atom is -0.348 e. The molecule has 2 rings (SSSR count). The maximum atomic E-state index is 12.0. The molecule has 0 heterocycles. The molecule has 0 unspecified atom stereocenters. The highest BCUT2D eigenvalue weighted by Crippen LogP contribution is 2.25. The fraction of sp³-hybridized carbons (Fsp3) is 0.133. The number of nitro benzene ring substituents is 1. The number of hydrogen-bond acceptors (Lipinski definition) is 3. The lowest BCUT2D eigenvalue weighted by molar-refractivity contribution is -0.385. The van der Waals surface area contributed by atoms with Gasteiger partial charge in [0.2, 0.25) is 0 Å². The molecule has 0 fully saturated rings. The SMILES string of the molecule is Cc1ccc(CNC(=O)c2ccc(Br)c([N+](=O)[O-])c2)cc1. The smallest absolute Gasteiger partial charge is 0.284 e. The van der Waals surface area contributed by atoms with E-state index in [2.05, 4.69) is 21.2 Å². The van der Waals surface area contributed by atoms with Gasteiger partial charge in [-0.3, -0.25) is 14.9 Å². The lowest BCUT2D eigenvalue weighted by Crippen LogP contribution is -2.22. The second-order valence-electron chi connectivity index (χ2n) is 4.59. The van der Waals surface area contributed by atoms with Crippen LogP contribution in [-0.2, 0) is 6.54 Å². The van der Waals surface area contributed by atoms with Crippen molar-refractivity contribution in [2.75, 3.05) is 0 Å². The highest BCUT2D eigenvalue weighted by Gasteiger charge is 2.15. The molecule has 0 aliphatic carbocycles. The normalized spacial score (nSPS) is 10.2. The minimum absolute atomic E-state index is 0.127. The largest absolute Gasteiger partial charge is 0.348 e. The molecule has 0 radical (unpaired) electrons. The van der Waals surface area contributed by atoms with Crippen LogP contribution in [0.5, 0.6) is 0 Å². The van der Waals surface area contributed by atoms with Crippen LogP contribution >= 0.6 is 15.9 Å². The molecule has 0 aliphatic heterocycles. The van der Waals surface area contributed by atoms with Crippen LogP contribution in [0.1, 0.15) is 21.5 Å². The van der Waals surface area contributed by atoms with Crippen LogP contribution in [0.3, 0.4) is 0 Å². The summed E-state index contributed by atoms with van der Waals surface area (Å²) >= 11 is 3.09. The third-order valence-corrected chi connectivity index (χ3v) is 3.65.